The number of nitrogens with one attached hydrogen (secondary N) is 2. The Bertz CT molecular complexity index is 1150. The van der Waals surface area contributed by atoms with Crippen LogP contribution < -0.4 is 20.3 Å². The summed E-state index contributed by atoms with van der Waals surface area (Å²) >= 11 is 0. The van der Waals surface area contributed by atoms with E-state index in [1.54, 1.807) is 31.6 Å². The fourth-order valence-corrected chi connectivity index (χ4v) is 3.77. The van der Waals surface area contributed by atoms with E-state index in [1.165, 1.54) is 18.7 Å². The van der Waals surface area contributed by atoms with Gasteiger partial charge in [-0.15, -0.1) is 0 Å². The standard InChI is InChI=1S/C24H29N7O5/c1-3-16(14-34-2)28-21(32)18-13-25-10-5-19(18)29-22(33)20-15-35-24(30-20)31-11-6-17(7-12-31)36-23-26-8-4-9-27-23/h4-5,8-10,13,15-17H,3,6-7,11-12,14H2,1-2H3,(H,28,32)(H,25,29,33). The zero-order chi connectivity index (χ0) is 25.3. The maximum Gasteiger partial charge on any atom is 0.316 e. The minimum atomic E-state index is -0.492. The van der Waals surface area contributed by atoms with Gasteiger partial charge in [-0.1, -0.05) is 6.92 Å². The quantitative estimate of drug-likeness (QED) is 0.430. The molecule has 4 rings (SSSR count). The predicted molar refractivity (Wildman–Crippen MR) is 130 cm³/mol. The molecule has 190 valence electrons. The van der Waals surface area contributed by atoms with Gasteiger partial charge in [-0.2, -0.15) is 4.98 Å². The Labute approximate surface area is 208 Å². The van der Waals surface area contributed by atoms with Gasteiger partial charge in [-0.3, -0.25) is 14.6 Å². The number of piperidine rings is 1. The molecule has 0 saturated carbocycles. The molecule has 0 bridgehead atoms. The number of hydrogen-bond donors (Lipinski definition) is 2. The Morgan fingerprint density at radius 3 is 2.69 bits per heavy atom. The van der Waals surface area contributed by atoms with Crippen LogP contribution in [0.2, 0.25) is 0 Å². The fourth-order valence-electron chi connectivity index (χ4n) is 3.77. The number of hydrogen-bond acceptors (Lipinski definition) is 10. The molecule has 0 aromatic carbocycles. The molecule has 1 aliphatic rings. The first-order chi connectivity index (χ1) is 17.6. The Balaban J connectivity index is 1.35. The number of oxazole rings is 1. The number of anilines is 2. The van der Waals surface area contributed by atoms with Crippen molar-refractivity contribution in [3.05, 3.63) is 54.4 Å². The van der Waals surface area contributed by atoms with Crippen LogP contribution in [0.1, 0.15) is 47.0 Å². The lowest BCUT2D eigenvalue weighted by Crippen LogP contribution is -2.38. The number of aromatic nitrogens is 4. The second kappa shape index (κ2) is 12.1. The molecule has 1 aliphatic heterocycles. The highest BCUT2D eigenvalue weighted by Gasteiger charge is 2.25. The van der Waals surface area contributed by atoms with Gasteiger partial charge in [0, 0.05) is 57.8 Å². The van der Waals surface area contributed by atoms with Gasteiger partial charge in [0.25, 0.3) is 17.8 Å². The minimum Gasteiger partial charge on any atom is -0.460 e. The number of carbonyl (C=O) groups excluding carboxylic acids is 2. The number of methoxy groups -OCH3 is 1. The number of pyridine rings is 1. The van der Waals surface area contributed by atoms with Crippen LogP contribution in [0.25, 0.3) is 0 Å². The highest BCUT2D eigenvalue weighted by atomic mass is 16.5. The summed E-state index contributed by atoms with van der Waals surface area (Å²) in [5, 5.41) is 5.62. The lowest BCUT2D eigenvalue weighted by molar-refractivity contribution is 0.0895. The molecule has 1 saturated heterocycles. The average molecular weight is 496 g/mol. The number of ether oxygens (including phenoxy) is 2. The molecule has 0 aliphatic carbocycles. The van der Waals surface area contributed by atoms with Crippen molar-refractivity contribution in [2.75, 3.05) is 37.0 Å². The molecule has 2 amide bonds. The number of rotatable bonds is 10. The predicted octanol–water partition coefficient (Wildman–Crippen LogP) is 2.31. The topological polar surface area (TPSA) is 145 Å². The van der Waals surface area contributed by atoms with Gasteiger partial charge in [0.1, 0.15) is 12.4 Å². The lowest BCUT2D eigenvalue weighted by atomic mass is 10.1. The SMILES string of the molecule is CCC(COC)NC(=O)c1cnccc1NC(=O)c1coc(N2CCC(Oc3ncccn3)CC2)n1. The first-order valence-electron chi connectivity index (χ1n) is 11.8. The van der Waals surface area contributed by atoms with Crippen LogP contribution in [-0.4, -0.2) is 70.7 Å². The second-order valence-corrected chi connectivity index (χ2v) is 8.26. The van der Waals surface area contributed by atoms with Crippen molar-refractivity contribution in [3.63, 3.8) is 0 Å². The Morgan fingerprint density at radius 1 is 1.19 bits per heavy atom. The van der Waals surface area contributed by atoms with E-state index in [0.717, 1.165) is 12.8 Å². The maximum absolute atomic E-state index is 12.9. The van der Waals surface area contributed by atoms with Crippen LogP contribution in [0.5, 0.6) is 6.01 Å². The number of nitrogens with zero attached hydrogens (tertiary/aromatic N) is 5. The van der Waals surface area contributed by atoms with E-state index in [9.17, 15) is 9.59 Å². The zero-order valence-corrected chi connectivity index (χ0v) is 20.2. The van der Waals surface area contributed by atoms with E-state index in [0.29, 0.717) is 43.8 Å². The highest BCUT2D eigenvalue weighted by Crippen LogP contribution is 2.22. The molecule has 36 heavy (non-hydrogen) atoms. The van der Waals surface area contributed by atoms with Crippen LogP contribution in [0.3, 0.4) is 0 Å². The molecule has 3 aromatic heterocycles. The smallest absolute Gasteiger partial charge is 0.316 e. The summed E-state index contributed by atoms with van der Waals surface area (Å²) in [5.74, 6) is -0.845. The van der Waals surface area contributed by atoms with Crippen LogP contribution in [-0.2, 0) is 4.74 Å². The Hall–Kier alpha value is -4.06. The molecule has 0 spiro atoms. The summed E-state index contributed by atoms with van der Waals surface area (Å²) in [5.41, 5.74) is 0.675. The summed E-state index contributed by atoms with van der Waals surface area (Å²) in [6, 6.07) is 3.86. The Morgan fingerprint density at radius 2 is 1.97 bits per heavy atom. The molecule has 12 nitrogen and oxygen atoms in total. The van der Waals surface area contributed by atoms with Gasteiger partial charge in [0.2, 0.25) is 0 Å². The van der Waals surface area contributed by atoms with Gasteiger partial charge in [-0.05, 0) is 18.6 Å². The van der Waals surface area contributed by atoms with Crippen LogP contribution in [0, 0.1) is 0 Å². The first-order valence-corrected chi connectivity index (χ1v) is 11.8. The summed E-state index contributed by atoms with van der Waals surface area (Å²) in [6.07, 6.45) is 9.66. The van der Waals surface area contributed by atoms with E-state index in [1.807, 2.05) is 11.8 Å². The van der Waals surface area contributed by atoms with Crippen molar-refractivity contribution in [3.8, 4) is 6.01 Å². The molecule has 0 radical (unpaired) electrons. The minimum absolute atomic E-state index is 0.00571. The van der Waals surface area contributed by atoms with Gasteiger partial charge in [0.15, 0.2) is 5.69 Å². The molecule has 1 atom stereocenters. The molecule has 4 heterocycles. The highest BCUT2D eigenvalue weighted by molar-refractivity contribution is 6.08. The Kier molecular flexibility index (Phi) is 8.40. The second-order valence-electron chi connectivity index (χ2n) is 8.26. The molecule has 2 N–H and O–H groups in total. The van der Waals surface area contributed by atoms with Crippen molar-refractivity contribution < 1.29 is 23.5 Å². The lowest BCUT2D eigenvalue weighted by Gasteiger charge is -2.30. The van der Waals surface area contributed by atoms with E-state index in [4.69, 9.17) is 13.9 Å². The van der Waals surface area contributed by atoms with Gasteiger partial charge in [-0.25, -0.2) is 9.97 Å². The van der Waals surface area contributed by atoms with Crippen molar-refractivity contribution in [2.45, 2.75) is 38.3 Å². The van der Waals surface area contributed by atoms with Crippen molar-refractivity contribution in [1.29, 1.82) is 0 Å². The molecule has 3 aromatic rings. The largest absolute Gasteiger partial charge is 0.460 e. The summed E-state index contributed by atoms with van der Waals surface area (Å²) < 4.78 is 16.5. The first kappa shape index (κ1) is 25.0. The van der Waals surface area contributed by atoms with Crippen LogP contribution >= 0.6 is 0 Å². The monoisotopic (exact) mass is 495 g/mol. The van der Waals surface area contributed by atoms with Crippen molar-refractivity contribution in [1.82, 2.24) is 25.3 Å². The molecular formula is C24H29N7O5. The van der Waals surface area contributed by atoms with Gasteiger partial charge in [0.05, 0.1) is 23.9 Å². The van der Waals surface area contributed by atoms with Crippen molar-refractivity contribution in [2.24, 2.45) is 0 Å². The van der Waals surface area contributed by atoms with E-state index in [2.05, 4.69) is 30.6 Å². The van der Waals surface area contributed by atoms with E-state index in [-0.39, 0.29) is 29.3 Å². The summed E-state index contributed by atoms with van der Waals surface area (Å²) in [6.45, 7) is 3.63. The van der Waals surface area contributed by atoms with Gasteiger partial charge < -0.3 is 29.4 Å². The molecule has 1 fully saturated rings. The molecule has 12 heteroatoms. The molecular weight excluding hydrogens is 466 g/mol. The number of carbonyl (C=O) groups is 2. The third-order valence-electron chi connectivity index (χ3n) is 5.76. The summed E-state index contributed by atoms with van der Waals surface area (Å²) in [7, 11) is 1.58. The fraction of sp³-hybridized carbons (Fsp3) is 0.417. The van der Waals surface area contributed by atoms with E-state index < -0.39 is 5.91 Å². The summed E-state index contributed by atoms with van der Waals surface area (Å²) in [4.78, 5) is 44.1. The van der Waals surface area contributed by atoms with E-state index >= 15 is 0 Å². The normalized spacial score (nSPS) is 14.8. The van der Waals surface area contributed by atoms with Crippen LogP contribution in [0.4, 0.5) is 11.7 Å². The third-order valence-corrected chi connectivity index (χ3v) is 5.76. The average Bonchev–Trinajstić information content (AvgIpc) is 3.40. The van der Waals surface area contributed by atoms with Crippen LogP contribution in [0.15, 0.2) is 47.6 Å². The number of amides is 2. The van der Waals surface area contributed by atoms with Gasteiger partial charge >= 0.3 is 6.01 Å². The third kappa shape index (κ3) is 6.33. The molecule has 1 unspecified atom stereocenters. The maximum atomic E-state index is 12.9. The zero-order valence-electron chi connectivity index (χ0n) is 20.2. The van der Waals surface area contributed by atoms with Crippen molar-refractivity contribution >= 4 is 23.5 Å².